The lowest BCUT2D eigenvalue weighted by Gasteiger charge is -2.13. The van der Waals surface area contributed by atoms with E-state index >= 15 is 0 Å². The molecule has 0 aliphatic heterocycles. The molecule has 0 heterocycles. The SMILES string of the molecule is C[C@H](OCc1ccccc1)C(=O)NCCc1ccc(Cl)cc1. The van der Waals surface area contributed by atoms with Crippen LogP contribution in [0.5, 0.6) is 0 Å². The van der Waals surface area contributed by atoms with Crippen LogP contribution < -0.4 is 5.32 Å². The minimum absolute atomic E-state index is 0.0927. The standard InChI is InChI=1S/C18H20ClNO2/c1-14(22-13-16-5-3-2-4-6-16)18(21)20-12-11-15-7-9-17(19)10-8-15/h2-10,14H,11-13H2,1H3,(H,20,21)/t14-/m0/s1. The Morgan fingerprint density at radius 3 is 2.45 bits per heavy atom. The summed E-state index contributed by atoms with van der Waals surface area (Å²) in [5.74, 6) is -0.0927. The number of ether oxygens (including phenoxy) is 1. The van der Waals surface area contributed by atoms with Crippen LogP contribution in [0, 0.1) is 0 Å². The number of hydrogen-bond acceptors (Lipinski definition) is 2. The van der Waals surface area contributed by atoms with Crippen LogP contribution in [0.1, 0.15) is 18.1 Å². The molecule has 22 heavy (non-hydrogen) atoms. The number of benzene rings is 2. The van der Waals surface area contributed by atoms with Crippen LogP contribution in [0.25, 0.3) is 0 Å². The summed E-state index contributed by atoms with van der Waals surface area (Å²) in [6.07, 6.45) is 0.305. The van der Waals surface area contributed by atoms with E-state index in [0.717, 1.165) is 22.6 Å². The van der Waals surface area contributed by atoms with Gasteiger partial charge in [0.2, 0.25) is 5.91 Å². The average Bonchev–Trinajstić information content (AvgIpc) is 2.55. The molecule has 2 aromatic carbocycles. The highest BCUT2D eigenvalue weighted by atomic mass is 35.5. The first kappa shape index (κ1) is 16.5. The van der Waals surface area contributed by atoms with Crippen molar-refractivity contribution < 1.29 is 9.53 Å². The van der Waals surface area contributed by atoms with Gasteiger partial charge in [-0.1, -0.05) is 54.1 Å². The predicted molar refractivity (Wildman–Crippen MR) is 88.9 cm³/mol. The molecular formula is C18H20ClNO2. The van der Waals surface area contributed by atoms with Gasteiger partial charge >= 0.3 is 0 Å². The number of amides is 1. The molecule has 116 valence electrons. The van der Waals surface area contributed by atoms with E-state index in [1.54, 1.807) is 6.92 Å². The second kappa shape index (κ2) is 8.57. The number of nitrogens with one attached hydrogen (secondary N) is 1. The monoisotopic (exact) mass is 317 g/mol. The molecule has 0 aliphatic rings. The molecule has 4 heteroatoms. The van der Waals surface area contributed by atoms with Crippen molar-refractivity contribution in [3.63, 3.8) is 0 Å². The van der Waals surface area contributed by atoms with E-state index in [0.29, 0.717) is 13.2 Å². The van der Waals surface area contributed by atoms with Gasteiger partial charge in [0.15, 0.2) is 0 Å². The minimum atomic E-state index is -0.467. The Hall–Kier alpha value is -1.84. The molecule has 0 fully saturated rings. The summed E-state index contributed by atoms with van der Waals surface area (Å²) in [4.78, 5) is 12.0. The minimum Gasteiger partial charge on any atom is -0.364 e. The molecule has 3 nitrogen and oxygen atoms in total. The maximum Gasteiger partial charge on any atom is 0.248 e. The van der Waals surface area contributed by atoms with E-state index in [-0.39, 0.29) is 5.91 Å². The lowest BCUT2D eigenvalue weighted by Crippen LogP contribution is -2.35. The van der Waals surface area contributed by atoms with Crippen molar-refractivity contribution in [3.8, 4) is 0 Å². The first-order valence-electron chi connectivity index (χ1n) is 7.33. The molecule has 2 aromatic rings. The highest BCUT2D eigenvalue weighted by Gasteiger charge is 2.12. The fourth-order valence-electron chi connectivity index (χ4n) is 2.00. The Kier molecular flexibility index (Phi) is 6.44. The molecule has 0 radical (unpaired) electrons. The van der Waals surface area contributed by atoms with Gasteiger partial charge in [-0.2, -0.15) is 0 Å². The number of rotatable bonds is 7. The van der Waals surface area contributed by atoms with Gasteiger partial charge in [-0.05, 0) is 36.6 Å². The number of hydrogen-bond donors (Lipinski definition) is 1. The number of carbonyl (C=O) groups excluding carboxylic acids is 1. The molecule has 0 unspecified atom stereocenters. The topological polar surface area (TPSA) is 38.3 Å². The van der Waals surface area contributed by atoms with E-state index in [4.69, 9.17) is 16.3 Å². The summed E-state index contributed by atoms with van der Waals surface area (Å²) in [6, 6.07) is 17.4. The van der Waals surface area contributed by atoms with Gasteiger partial charge in [0, 0.05) is 11.6 Å². The van der Waals surface area contributed by atoms with E-state index in [1.165, 1.54) is 0 Å². The van der Waals surface area contributed by atoms with E-state index in [2.05, 4.69) is 5.32 Å². The van der Waals surface area contributed by atoms with Crippen molar-refractivity contribution in [1.82, 2.24) is 5.32 Å². The van der Waals surface area contributed by atoms with E-state index in [9.17, 15) is 4.79 Å². The lowest BCUT2D eigenvalue weighted by atomic mass is 10.1. The molecule has 0 spiro atoms. The zero-order valence-electron chi connectivity index (χ0n) is 12.6. The fourth-order valence-corrected chi connectivity index (χ4v) is 2.12. The highest BCUT2D eigenvalue weighted by Crippen LogP contribution is 2.09. The Labute approximate surface area is 136 Å². The quantitative estimate of drug-likeness (QED) is 0.847. The molecule has 0 saturated heterocycles. The Bertz CT molecular complexity index is 584. The number of halogens is 1. The summed E-state index contributed by atoms with van der Waals surface area (Å²) in [5, 5.41) is 3.60. The van der Waals surface area contributed by atoms with Gasteiger partial charge in [-0.25, -0.2) is 0 Å². The maximum absolute atomic E-state index is 12.0. The Balaban J connectivity index is 1.69. The third-order valence-corrected chi connectivity index (χ3v) is 3.59. The summed E-state index contributed by atoms with van der Waals surface area (Å²) < 4.78 is 5.58. The van der Waals surface area contributed by atoms with Gasteiger partial charge in [0.25, 0.3) is 0 Å². The van der Waals surface area contributed by atoms with Crippen molar-refractivity contribution >= 4 is 17.5 Å². The largest absolute Gasteiger partial charge is 0.364 e. The highest BCUT2D eigenvalue weighted by molar-refractivity contribution is 6.30. The fraction of sp³-hybridized carbons (Fsp3) is 0.278. The summed E-state index contributed by atoms with van der Waals surface area (Å²) in [5.41, 5.74) is 2.20. The molecule has 2 rings (SSSR count). The van der Waals surface area contributed by atoms with Gasteiger partial charge in [0.1, 0.15) is 6.10 Å². The molecule has 1 N–H and O–H groups in total. The molecule has 0 aromatic heterocycles. The van der Waals surface area contributed by atoms with Crippen LogP contribution >= 0.6 is 11.6 Å². The molecule has 0 aliphatic carbocycles. The smallest absolute Gasteiger partial charge is 0.248 e. The molecular weight excluding hydrogens is 298 g/mol. The molecule has 1 atom stereocenters. The van der Waals surface area contributed by atoms with E-state index < -0.39 is 6.10 Å². The van der Waals surface area contributed by atoms with Crippen molar-refractivity contribution in [1.29, 1.82) is 0 Å². The molecule has 0 saturated carbocycles. The summed E-state index contributed by atoms with van der Waals surface area (Å²) in [7, 11) is 0. The second-order valence-corrected chi connectivity index (χ2v) is 5.54. The summed E-state index contributed by atoms with van der Waals surface area (Å²) >= 11 is 5.84. The molecule has 0 bridgehead atoms. The van der Waals surface area contributed by atoms with Crippen LogP contribution in [0.2, 0.25) is 5.02 Å². The van der Waals surface area contributed by atoms with Crippen molar-refractivity contribution in [3.05, 3.63) is 70.7 Å². The lowest BCUT2D eigenvalue weighted by molar-refractivity contribution is -0.132. The zero-order chi connectivity index (χ0) is 15.8. The maximum atomic E-state index is 12.0. The normalized spacial score (nSPS) is 11.9. The van der Waals surface area contributed by atoms with Crippen LogP contribution in [0.4, 0.5) is 0 Å². The molecule has 1 amide bonds. The Morgan fingerprint density at radius 2 is 1.77 bits per heavy atom. The second-order valence-electron chi connectivity index (χ2n) is 5.11. The van der Waals surface area contributed by atoms with Crippen LogP contribution in [0.15, 0.2) is 54.6 Å². The van der Waals surface area contributed by atoms with Gasteiger partial charge in [-0.15, -0.1) is 0 Å². The first-order chi connectivity index (χ1) is 10.6. The van der Waals surface area contributed by atoms with Crippen molar-refractivity contribution in [2.75, 3.05) is 6.54 Å². The third kappa shape index (κ3) is 5.51. The van der Waals surface area contributed by atoms with E-state index in [1.807, 2.05) is 54.6 Å². The van der Waals surface area contributed by atoms with Crippen LogP contribution in [0.3, 0.4) is 0 Å². The number of carbonyl (C=O) groups is 1. The summed E-state index contributed by atoms with van der Waals surface area (Å²) in [6.45, 7) is 2.78. The average molecular weight is 318 g/mol. The van der Waals surface area contributed by atoms with Crippen LogP contribution in [-0.4, -0.2) is 18.6 Å². The van der Waals surface area contributed by atoms with Crippen molar-refractivity contribution in [2.24, 2.45) is 0 Å². The van der Waals surface area contributed by atoms with Crippen LogP contribution in [-0.2, 0) is 22.6 Å². The third-order valence-electron chi connectivity index (χ3n) is 3.34. The Morgan fingerprint density at radius 1 is 1.09 bits per heavy atom. The van der Waals surface area contributed by atoms with Gasteiger partial charge in [0.05, 0.1) is 6.61 Å². The van der Waals surface area contributed by atoms with Crippen molar-refractivity contribution in [2.45, 2.75) is 26.1 Å². The van der Waals surface area contributed by atoms with Gasteiger partial charge in [-0.3, -0.25) is 4.79 Å². The predicted octanol–water partition coefficient (Wildman–Crippen LogP) is 3.60. The van der Waals surface area contributed by atoms with Gasteiger partial charge < -0.3 is 10.1 Å². The first-order valence-corrected chi connectivity index (χ1v) is 7.70. The zero-order valence-corrected chi connectivity index (χ0v) is 13.3.